The lowest BCUT2D eigenvalue weighted by Crippen LogP contribution is -1.72. The highest BCUT2D eigenvalue weighted by atomic mass is 35.5. The van der Waals surface area contributed by atoms with Gasteiger partial charge in [-0.2, -0.15) is 0 Å². The van der Waals surface area contributed by atoms with Gasteiger partial charge in [0.05, 0.1) is 16.7 Å². The molecule has 0 amide bonds. The van der Waals surface area contributed by atoms with Crippen LogP contribution in [-0.2, 0) is 0 Å². The number of halogens is 2. The summed E-state index contributed by atoms with van der Waals surface area (Å²) < 4.78 is 0. The van der Waals surface area contributed by atoms with Crippen molar-refractivity contribution in [2.75, 3.05) is 0 Å². The molecule has 1 N–H and O–H groups in total. The number of aromatic amines is 1. The summed E-state index contributed by atoms with van der Waals surface area (Å²) in [7, 11) is 0. The van der Waals surface area contributed by atoms with E-state index >= 15 is 0 Å². The first-order chi connectivity index (χ1) is 5.27. The van der Waals surface area contributed by atoms with Gasteiger partial charge in [-0.1, -0.05) is 23.2 Å². The molecule has 0 radical (unpaired) electrons. The van der Waals surface area contributed by atoms with Crippen molar-refractivity contribution in [3.63, 3.8) is 0 Å². The summed E-state index contributed by atoms with van der Waals surface area (Å²) >= 11 is 11.5. The first kappa shape index (κ1) is 6.95. The van der Waals surface area contributed by atoms with Gasteiger partial charge in [0, 0.05) is 11.6 Å². The molecule has 4 heteroatoms. The van der Waals surface area contributed by atoms with Gasteiger partial charge in [0.25, 0.3) is 0 Å². The summed E-state index contributed by atoms with van der Waals surface area (Å²) in [4.78, 5) is 6.82. The average molecular weight is 187 g/mol. The number of fused-ring (bicyclic) bond motifs is 1. The molecule has 0 aromatic carbocycles. The molecule has 0 saturated heterocycles. The predicted octanol–water partition coefficient (Wildman–Crippen LogP) is 2.87. The Hall–Kier alpha value is -0.730. The van der Waals surface area contributed by atoms with E-state index in [1.807, 2.05) is 0 Å². The summed E-state index contributed by atoms with van der Waals surface area (Å²) in [6, 6.07) is 1.78. The fraction of sp³-hybridized carbons (Fsp3) is 0. The zero-order valence-electron chi connectivity index (χ0n) is 5.44. The minimum absolute atomic E-state index is 0.579. The lowest BCUT2D eigenvalue weighted by molar-refractivity contribution is 1.34. The summed E-state index contributed by atoms with van der Waals surface area (Å²) in [6.07, 6.45) is 3.28. The first-order valence-corrected chi connectivity index (χ1v) is 3.80. The molecule has 2 rings (SSSR count). The molecule has 11 heavy (non-hydrogen) atoms. The van der Waals surface area contributed by atoms with Crippen LogP contribution in [0.1, 0.15) is 0 Å². The fourth-order valence-corrected chi connectivity index (χ4v) is 1.41. The van der Waals surface area contributed by atoms with E-state index < -0.39 is 0 Å². The van der Waals surface area contributed by atoms with E-state index in [0.717, 1.165) is 10.9 Å². The molecule has 0 saturated carbocycles. The third-order valence-electron chi connectivity index (χ3n) is 1.46. The van der Waals surface area contributed by atoms with Crippen LogP contribution in [0.5, 0.6) is 0 Å². The Morgan fingerprint density at radius 3 is 2.82 bits per heavy atom. The first-order valence-electron chi connectivity index (χ1n) is 3.05. The average Bonchev–Trinajstić information content (AvgIpc) is 2.31. The minimum Gasteiger partial charge on any atom is -0.344 e. The largest absolute Gasteiger partial charge is 0.344 e. The molecule has 2 heterocycles. The van der Waals surface area contributed by atoms with Crippen molar-refractivity contribution in [1.29, 1.82) is 0 Å². The van der Waals surface area contributed by atoms with Gasteiger partial charge >= 0.3 is 0 Å². The maximum Gasteiger partial charge on any atom is 0.107 e. The van der Waals surface area contributed by atoms with Gasteiger partial charge in [0.15, 0.2) is 0 Å². The van der Waals surface area contributed by atoms with Crippen LogP contribution in [0, 0.1) is 0 Å². The van der Waals surface area contributed by atoms with Gasteiger partial charge in [0.2, 0.25) is 0 Å². The second-order valence-electron chi connectivity index (χ2n) is 2.20. The zero-order valence-corrected chi connectivity index (χ0v) is 6.95. The maximum atomic E-state index is 5.83. The van der Waals surface area contributed by atoms with Gasteiger partial charge in [-0.3, -0.25) is 4.98 Å². The van der Waals surface area contributed by atoms with Crippen molar-refractivity contribution in [2.24, 2.45) is 0 Å². The Bertz CT molecular complexity index is 394. The molecule has 56 valence electrons. The van der Waals surface area contributed by atoms with Crippen LogP contribution in [0.25, 0.3) is 10.9 Å². The lowest BCUT2D eigenvalue weighted by atomic mass is 10.3. The Morgan fingerprint density at radius 2 is 2.09 bits per heavy atom. The topological polar surface area (TPSA) is 28.7 Å². The Morgan fingerprint density at radius 1 is 1.27 bits per heavy atom. The van der Waals surface area contributed by atoms with E-state index in [1.165, 1.54) is 0 Å². The smallest absolute Gasteiger partial charge is 0.107 e. The van der Waals surface area contributed by atoms with Crippen molar-refractivity contribution in [1.82, 2.24) is 9.97 Å². The predicted molar refractivity (Wildman–Crippen MR) is 46.1 cm³/mol. The van der Waals surface area contributed by atoms with E-state index in [1.54, 1.807) is 18.5 Å². The van der Waals surface area contributed by atoms with E-state index in [9.17, 15) is 0 Å². The highest BCUT2D eigenvalue weighted by Gasteiger charge is 2.01. The minimum atomic E-state index is 0.579. The number of rotatable bonds is 0. The molecule has 0 aliphatic rings. The van der Waals surface area contributed by atoms with E-state index in [-0.39, 0.29) is 0 Å². The number of aromatic nitrogens is 2. The number of nitrogens with one attached hydrogen (secondary N) is 1. The number of nitrogens with zero attached hydrogens (tertiary/aromatic N) is 1. The number of hydrogen-bond donors (Lipinski definition) is 1. The van der Waals surface area contributed by atoms with Crippen molar-refractivity contribution < 1.29 is 0 Å². The summed E-state index contributed by atoms with van der Waals surface area (Å²) in [5, 5.41) is 2.10. The van der Waals surface area contributed by atoms with Gasteiger partial charge < -0.3 is 4.98 Å². The fourth-order valence-electron chi connectivity index (χ4n) is 0.983. The Labute approximate surface area is 73.1 Å². The normalized spacial score (nSPS) is 10.7. The molecule has 0 unspecified atom stereocenters. The van der Waals surface area contributed by atoms with Crippen molar-refractivity contribution in [3.05, 3.63) is 28.6 Å². The molecular formula is C7H4Cl2N2. The second kappa shape index (κ2) is 2.40. The summed E-state index contributed by atoms with van der Waals surface area (Å²) in [5.74, 6) is 0. The summed E-state index contributed by atoms with van der Waals surface area (Å²) in [5.41, 5.74) is 0.863. The molecule has 2 aromatic rings. The lowest BCUT2D eigenvalue weighted by Gasteiger charge is -1.89. The third kappa shape index (κ3) is 1.08. The number of hydrogen-bond acceptors (Lipinski definition) is 1. The molecule has 0 spiro atoms. The highest BCUT2D eigenvalue weighted by molar-refractivity contribution is 6.36. The van der Waals surface area contributed by atoms with Gasteiger partial charge in [-0.15, -0.1) is 0 Å². The zero-order chi connectivity index (χ0) is 7.84. The maximum absolute atomic E-state index is 5.83. The Balaban J connectivity index is 2.90. The highest BCUT2D eigenvalue weighted by Crippen LogP contribution is 2.24. The Kier molecular flexibility index (Phi) is 1.51. The SMILES string of the molecule is Clc1cc2c(Cl)cncc2[nH]1. The van der Waals surface area contributed by atoms with Crippen LogP contribution in [0.4, 0.5) is 0 Å². The number of pyridine rings is 1. The van der Waals surface area contributed by atoms with Gasteiger partial charge in [-0.25, -0.2) is 0 Å². The molecule has 2 nitrogen and oxygen atoms in total. The molecule has 0 aliphatic heterocycles. The van der Waals surface area contributed by atoms with Crippen molar-refractivity contribution >= 4 is 34.1 Å². The van der Waals surface area contributed by atoms with E-state index in [4.69, 9.17) is 23.2 Å². The van der Waals surface area contributed by atoms with Gasteiger partial charge in [0.1, 0.15) is 5.15 Å². The quantitative estimate of drug-likeness (QED) is 0.674. The van der Waals surface area contributed by atoms with Gasteiger partial charge in [-0.05, 0) is 6.07 Å². The molecule has 0 aliphatic carbocycles. The van der Waals surface area contributed by atoms with Crippen LogP contribution < -0.4 is 0 Å². The van der Waals surface area contributed by atoms with Crippen LogP contribution in [-0.4, -0.2) is 9.97 Å². The van der Waals surface area contributed by atoms with Crippen LogP contribution in [0.2, 0.25) is 10.2 Å². The van der Waals surface area contributed by atoms with Crippen LogP contribution in [0.3, 0.4) is 0 Å². The van der Waals surface area contributed by atoms with Crippen LogP contribution >= 0.6 is 23.2 Å². The van der Waals surface area contributed by atoms with E-state index in [2.05, 4.69) is 9.97 Å². The standard InChI is InChI=1S/C7H4Cl2N2/c8-5-2-10-3-6-4(5)1-7(9)11-6/h1-3,11H. The van der Waals surface area contributed by atoms with E-state index in [0.29, 0.717) is 10.2 Å². The molecule has 0 bridgehead atoms. The van der Waals surface area contributed by atoms with Crippen molar-refractivity contribution in [3.8, 4) is 0 Å². The monoisotopic (exact) mass is 186 g/mol. The molecule has 0 atom stereocenters. The summed E-state index contributed by atoms with van der Waals surface area (Å²) in [6.45, 7) is 0. The van der Waals surface area contributed by atoms with Crippen LogP contribution in [0.15, 0.2) is 18.5 Å². The third-order valence-corrected chi connectivity index (χ3v) is 1.97. The molecule has 2 aromatic heterocycles. The number of H-pyrrole nitrogens is 1. The van der Waals surface area contributed by atoms with Crippen molar-refractivity contribution in [2.45, 2.75) is 0 Å². The molecular weight excluding hydrogens is 183 g/mol. The second-order valence-corrected chi connectivity index (χ2v) is 3.01. The molecule has 0 fully saturated rings.